The van der Waals surface area contributed by atoms with Gasteiger partial charge in [0.2, 0.25) is 0 Å². The van der Waals surface area contributed by atoms with Gasteiger partial charge in [0, 0.05) is 22.8 Å². The van der Waals surface area contributed by atoms with Crippen molar-refractivity contribution in [2.45, 2.75) is 6.17 Å². The number of carbonyl (C=O) groups excluding carboxylic acids is 1. The van der Waals surface area contributed by atoms with Crippen molar-refractivity contribution >= 4 is 22.6 Å². The van der Waals surface area contributed by atoms with E-state index in [1.54, 1.807) is 6.07 Å². The Bertz CT molecular complexity index is 1390. The average molecular weight is 406 g/mol. The molecule has 0 saturated heterocycles. The molecule has 2 N–H and O–H groups in total. The van der Waals surface area contributed by atoms with Gasteiger partial charge in [-0.25, -0.2) is 4.68 Å². The molecule has 0 aliphatic carbocycles. The van der Waals surface area contributed by atoms with Gasteiger partial charge in [-0.3, -0.25) is 4.79 Å². The largest absolute Gasteiger partial charge is 0.454 e. The molecule has 1 aliphatic rings. The highest BCUT2D eigenvalue weighted by Gasteiger charge is 2.29. The van der Waals surface area contributed by atoms with Gasteiger partial charge in [-0.2, -0.15) is 5.10 Å². The lowest BCUT2D eigenvalue weighted by Crippen LogP contribution is -2.38. The molecule has 0 saturated carbocycles. The molecule has 3 aromatic carbocycles. The second-order valence-electron chi connectivity index (χ2n) is 7.46. The van der Waals surface area contributed by atoms with Crippen LogP contribution in [0.5, 0.6) is 0 Å². The molecular formula is C25H18N4O2. The number of nitrogens with one attached hydrogen (secondary N) is 2. The predicted molar refractivity (Wildman–Crippen MR) is 119 cm³/mol. The summed E-state index contributed by atoms with van der Waals surface area (Å²) in [5, 5.41) is 12.3. The number of hydrogen-bond acceptors (Lipinski definition) is 4. The number of anilines is 1. The summed E-state index contributed by atoms with van der Waals surface area (Å²) in [5.74, 6) is 0.531. The van der Waals surface area contributed by atoms with Crippen LogP contribution in [0.15, 0.2) is 95.5 Å². The maximum atomic E-state index is 12.7. The SMILES string of the molecule is O=C1N[C@H](c2cn(-c3ccccc3)nc2-c2cc3ccccc3o2)Nc2ccccc21. The minimum absolute atomic E-state index is 0.123. The number of furan rings is 1. The van der Waals surface area contributed by atoms with Gasteiger partial charge in [-0.05, 0) is 36.4 Å². The van der Waals surface area contributed by atoms with Crippen LogP contribution in [0.25, 0.3) is 28.1 Å². The quantitative estimate of drug-likeness (QED) is 0.435. The monoisotopic (exact) mass is 406 g/mol. The number of nitrogens with zero attached hydrogens (tertiary/aromatic N) is 2. The van der Waals surface area contributed by atoms with E-state index in [4.69, 9.17) is 9.52 Å². The Hall–Kier alpha value is -4.32. The van der Waals surface area contributed by atoms with Gasteiger partial charge in [0.15, 0.2) is 5.76 Å². The van der Waals surface area contributed by atoms with Crippen LogP contribution in [0.2, 0.25) is 0 Å². The van der Waals surface area contributed by atoms with E-state index in [2.05, 4.69) is 10.6 Å². The Balaban J connectivity index is 1.50. The van der Waals surface area contributed by atoms with Crippen molar-refractivity contribution in [1.82, 2.24) is 15.1 Å². The lowest BCUT2D eigenvalue weighted by Gasteiger charge is -2.27. The minimum atomic E-state index is -0.442. The number of para-hydroxylation sites is 3. The molecule has 6 rings (SSSR count). The van der Waals surface area contributed by atoms with Gasteiger partial charge in [-0.1, -0.05) is 48.5 Å². The predicted octanol–water partition coefficient (Wildman–Crippen LogP) is 5.14. The average Bonchev–Trinajstić information content (AvgIpc) is 3.44. The Labute approximate surface area is 178 Å². The first kappa shape index (κ1) is 17.5. The van der Waals surface area contributed by atoms with E-state index in [0.717, 1.165) is 27.9 Å². The molecule has 0 fully saturated rings. The number of carbonyl (C=O) groups is 1. The van der Waals surface area contributed by atoms with Crippen LogP contribution >= 0.6 is 0 Å². The third-order valence-electron chi connectivity index (χ3n) is 5.48. The third-order valence-corrected chi connectivity index (χ3v) is 5.48. The van der Waals surface area contributed by atoms with E-state index in [1.165, 1.54) is 0 Å². The fourth-order valence-corrected chi connectivity index (χ4v) is 3.96. The zero-order valence-electron chi connectivity index (χ0n) is 16.4. The third kappa shape index (κ3) is 2.97. The summed E-state index contributed by atoms with van der Waals surface area (Å²) in [6.45, 7) is 0. The topological polar surface area (TPSA) is 72.1 Å². The molecule has 2 aromatic heterocycles. The van der Waals surface area contributed by atoms with Gasteiger partial charge >= 0.3 is 0 Å². The molecule has 6 heteroatoms. The molecule has 150 valence electrons. The Morgan fingerprint density at radius 3 is 2.52 bits per heavy atom. The maximum absolute atomic E-state index is 12.7. The van der Waals surface area contributed by atoms with Gasteiger partial charge in [0.25, 0.3) is 5.91 Å². The van der Waals surface area contributed by atoms with Crippen LogP contribution in [0.1, 0.15) is 22.1 Å². The fraction of sp³-hybridized carbons (Fsp3) is 0.0400. The van der Waals surface area contributed by atoms with Crippen LogP contribution in [0.3, 0.4) is 0 Å². The van der Waals surface area contributed by atoms with E-state index < -0.39 is 6.17 Å². The highest BCUT2D eigenvalue weighted by molar-refractivity contribution is 6.01. The summed E-state index contributed by atoms with van der Waals surface area (Å²) in [6.07, 6.45) is 1.49. The van der Waals surface area contributed by atoms with E-state index in [-0.39, 0.29) is 5.91 Å². The summed E-state index contributed by atoms with van der Waals surface area (Å²) in [4.78, 5) is 12.7. The smallest absolute Gasteiger partial charge is 0.255 e. The molecule has 1 aliphatic heterocycles. The maximum Gasteiger partial charge on any atom is 0.255 e. The van der Waals surface area contributed by atoms with Crippen molar-refractivity contribution in [3.8, 4) is 17.1 Å². The van der Waals surface area contributed by atoms with E-state index in [9.17, 15) is 4.79 Å². The van der Waals surface area contributed by atoms with E-state index in [0.29, 0.717) is 17.0 Å². The van der Waals surface area contributed by atoms with Crippen molar-refractivity contribution in [3.63, 3.8) is 0 Å². The lowest BCUT2D eigenvalue weighted by atomic mass is 10.1. The van der Waals surface area contributed by atoms with Crippen molar-refractivity contribution in [3.05, 3.63) is 102 Å². The van der Waals surface area contributed by atoms with Crippen LogP contribution in [-0.4, -0.2) is 15.7 Å². The Morgan fingerprint density at radius 1 is 0.871 bits per heavy atom. The molecule has 1 amide bonds. The zero-order valence-corrected chi connectivity index (χ0v) is 16.4. The van der Waals surface area contributed by atoms with Crippen molar-refractivity contribution < 1.29 is 9.21 Å². The van der Waals surface area contributed by atoms with Crippen LogP contribution in [0, 0.1) is 0 Å². The second kappa shape index (κ2) is 6.88. The van der Waals surface area contributed by atoms with Crippen LogP contribution < -0.4 is 10.6 Å². The van der Waals surface area contributed by atoms with Crippen LogP contribution in [0.4, 0.5) is 5.69 Å². The minimum Gasteiger partial charge on any atom is -0.454 e. The summed E-state index contributed by atoms with van der Waals surface area (Å²) in [5.41, 5.74) is 4.64. The van der Waals surface area contributed by atoms with Crippen molar-refractivity contribution in [2.24, 2.45) is 0 Å². The molecule has 3 heterocycles. The van der Waals surface area contributed by atoms with Crippen molar-refractivity contribution in [2.75, 3.05) is 5.32 Å². The highest BCUT2D eigenvalue weighted by atomic mass is 16.3. The van der Waals surface area contributed by atoms with E-state index >= 15 is 0 Å². The normalized spacial score (nSPS) is 15.4. The van der Waals surface area contributed by atoms with E-state index in [1.807, 2.05) is 89.7 Å². The van der Waals surface area contributed by atoms with Gasteiger partial charge in [0.1, 0.15) is 17.4 Å². The summed E-state index contributed by atoms with van der Waals surface area (Å²) in [6, 6.07) is 27.2. The molecule has 0 bridgehead atoms. The first-order valence-corrected chi connectivity index (χ1v) is 10.1. The number of benzene rings is 3. The molecule has 0 radical (unpaired) electrons. The fourth-order valence-electron chi connectivity index (χ4n) is 3.96. The highest BCUT2D eigenvalue weighted by Crippen LogP contribution is 2.35. The number of hydrogen-bond donors (Lipinski definition) is 2. The molecule has 1 atom stereocenters. The van der Waals surface area contributed by atoms with Gasteiger partial charge in [-0.15, -0.1) is 0 Å². The Morgan fingerprint density at radius 2 is 1.65 bits per heavy atom. The number of fused-ring (bicyclic) bond motifs is 2. The van der Waals surface area contributed by atoms with Gasteiger partial charge < -0.3 is 15.1 Å². The Kier molecular flexibility index (Phi) is 3.89. The summed E-state index contributed by atoms with van der Waals surface area (Å²) >= 11 is 0. The number of aromatic nitrogens is 2. The lowest BCUT2D eigenvalue weighted by molar-refractivity contribution is 0.0936. The summed E-state index contributed by atoms with van der Waals surface area (Å²) in [7, 11) is 0. The first-order chi connectivity index (χ1) is 15.3. The molecule has 6 nitrogen and oxygen atoms in total. The number of rotatable bonds is 3. The molecule has 5 aromatic rings. The zero-order chi connectivity index (χ0) is 20.8. The molecule has 0 unspecified atom stereocenters. The number of amides is 1. The van der Waals surface area contributed by atoms with Crippen LogP contribution in [-0.2, 0) is 0 Å². The summed E-state index contributed by atoms with van der Waals surface area (Å²) < 4.78 is 7.93. The molecule has 0 spiro atoms. The molecular weight excluding hydrogens is 388 g/mol. The molecule has 31 heavy (non-hydrogen) atoms. The first-order valence-electron chi connectivity index (χ1n) is 10.1. The van der Waals surface area contributed by atoms with Gasteiger partial charge in [0.05, 0.1) is 11.3 Å². The second-order valence-corrected chi connectivity index (χ2v) is 7.46. The standard InChI is InChI=1S/C25H18N4O2/c30-25-18-11-5-6-12-20(18)26-24(27-25)19-15-29(17-9-2-1-3-10-17)28-23(19)22-14-16-8-4-7-13-21(16)31-22/h1-15,24,26H,(H,27,30)/t24-/m1/s1. The van der Waals surface area contributed by atoms with Crippen molar-refractivity contribution in [1.29, 1.82) is 0 Å².